The number of hydrogen-bond donors (Lipinski definition) is 2. The van der Waals surface area contributed by atoms with Crippen molar-refractivity contribution >= 4 is 17.5 Å². The average molecular weight is 248 g/mol. The summed E-state index contributed by atoms with van der Waals surface area (Å²) in [5.41, 5.74) is 7.23. The van der Waals surface area contributed by atoms with Gasteiger partial charge in [0.15, 0.2) is 0 Å². The Morgan fingerprint density at radius 1 is 1.06 bits per heavy atom. The zero-order valence-electron chi connectivity index (χ0n) is 8.85. The van der Waals surface area contributed by atoms with Crippen molar-refractivity contribution in [1.29, 1.82) is 0 Å². The lowest BCUT2D eigenvalue weighted by molar-refractivity contribution is 0.100. The van der Waals surface area contributed by atoms with Gasteiger partial charge in [-0.2, -0.15) is 0 Å². The van der Waals surface area contributed by atoms with Crippen molar-refractivity contribution in [3.05, 3.63) is 53.1 Å². The molecule has 2 aromatic carbocycles. The Kier molecular flexibility index (Phi) is 3.02. The lowest BCUT2D eigenvalue weighted by Crippen LogP contribution is -2.11. The van der Waals surface area contributed by atoms with Crippen molar-refractivity contribution in [2.45, 2.75) is 0 Å². The Labute approximate surface area is 103 Å². The number of aromatic hydroxyl groups is 1. The number of carbonyl (C=O) groups is 1. The average Bonchev–Trinajstić information content (AvgIpc) is 2.29. The SMILES string of the molecule is NC(=O)c1ccc(-c2ccc(O)cc2)cc1Cl. The number of carbonyl (C=O) groups excluding carboxylic acids is 1. The monoisotopic (exact) mass is 247 g/mol. The highest BCUT2D eigenvalue weighted by atomic mass is 35.5. The van der Waals surface area contributed by atoms with E-state index in [0.717, 1.165) is 11.1 Å². The molecule has 4 heteroatoms. The Morgan fingerprint density at radius 2 is 1.65 bits per heavy atom. The van der Waals surface area contributed by atoms with Gasteiger partial charge in [-0.15, -0.1) is 0 Å². The van der Waals surface area contributed by atoms with Gasteiger partial charge < -0.3 is 10.8 Å². The molecular formula is C13H10ClNO2. The van der Waals surface area contributed by atoms with Crippen LogP contribution in [0, 0.1) is 0 Å². The van der Waals surface area contributed by atoms with Crippen LogP contribution in [0.15, 0.2) is 42.5 Å². The molecule has 0 aromatic heterocycles. The van der Waals surface area contributed by atoms with E-state index in [2.05, 4.69) is 0 Å². The number of halogens is 1. The van der Waals surface area contributed by atoms with Crippen LogP contribution in [0.3, 0.4) is 0 Å². The molecule has 0 atom stereocenters. The van der Waals surface area contributed by atoms with Crippen LogP contribution < -0.4 is 5.73 Å². The topological polar surface area (TPSA) is 63.3 Å². The van der Waals surface area contributed by atoms with Crippen LogP contribution in [0.4, 0.5) is 0 Å². The zero-order valence-corrected chi connectivity index (χ0v) is 9.61. The molecule has 0 unspecified atom stereocenters. The van der Waals surface area contributed by atoms with E-state index in [0.29, 0.717) is 10.6 Å². The summed E-state index contributed by atoms with van der Waals surface area (Å²) < 4.78 is 0. The quantitative estimate of drug-likeness (QED) is 0.857. The molecule has 0 bridgehead atoms. The van der Waals surface area contributed by atoms with Gasteiger partial charge in [0.2, 0.25) is 5.91 Å². The first-order chi connectivity index (χ1) is 8.08. The molecule has 0 aliphatic carbocycles. The predicted molar refractivity (Wildman–Crippen MR) is 67.1 cm³/mol. The number of phenolic OH excluding ortho intramolecular Hbond substituents is 1. The van der Waals surface area contributed by atoms with Gasteiger partial charge in [-0.3, -0.25) is 4.79 Å². The second-order valence-corrected chi connectivity index (χ2v) is 4.01. The molecule has 17 heavy (non-hydrogen) atoms. The largest absolute Gasteiger partial charge is 0.508 e. The standard InChI is InChI=1S/C13H10ClNO2/c14-12-7-9(3-6-11(12)13(15)17)8-1-4-10(16)5-2-8/h1-7,16H,(H2,15,17). The molecule has 0 heterocycles. The fourth-order valence-electron chi connectivity index (χ4n) is 1.55. The third-order valence-corrected chi connectivity index (χ3v) is 2.75. The summed E-state index contributed by atoms with van der Waals surface area (Å²) in [6, 6.07) is 11.7. The second-order valence-electron chi connectivity index (χ2n) is 3.61. The summed E-state index contributed by atoms with van der Waals surface area (Å²) in [6.07, 6.45) is 0. The molecule has 1 amide bonds. The molecule has 0 aliphatic heterocycles. The summed E-state index contributed by atoms with van der Waals surface area (Å²) in [7, 11) is 0. The number of hydrogen-bond acceptors (Lipinski definition) is 2. The van der Waals surface area contributed by atoms with Crippen molar-refractivity contribution in [1.82, 2.24) is 0 Å². The Morgan fingerprint density at radius 3 is 2.18 bits per heavy atom. The highest BCUT2D eigenvalue weighted by Gasteiger charge is 2.07. The van der Waals surface area contributed by atoms with Crippen LogP contribution in [-0.2, 0) is 0 Å². The van der Waals surface area contributed by atoms with E-state index in [1.54, 1.807) is 42.5 Å². The minimum atomic E-state index is -0.549. The van der Waals surface area contributed by atoms with Crippen LogP contribution in [0.1, 0.15) is 10.4 Å². The number of nitrogens with two attached hydrogens (primary N) is 1. The maximum atomic E-state index is 11.0. The van der Waals surface area contributed by atoms with Gasteiger partial charge in [0.05, 0.1) is 10.6 Å². The minimum absolute atomic E-state index is 0.202. The number of rotatable bonds is 2. The van der Waals surface area contributed by atoms with E-state index in [9.17, 15) is 9.90 Å². The third kappa shape index (κ3) is 2.40. The first kappa shape index (κ1) is 11.5. The maximum absolute atomic E-state index is 11.0. The first-order valence-corrected chi connectivity index (χ1v) is 5.34. The minimum Gasteiger partial charge on any atom is -0.508 e. The molecule has 2 aromatic rings. The van der Waals surface area contributed by atoms with Gasteiger partial charge in [-0.1, -0.05) is 29.8 Å². The van der Waals surface area contributed by atoms with Crippen LogP contribution in [0.5, 0.6) is 5.75 Å². The van der Waals surface area contributed by atoms with Crippen molar-refractivity contribution in [2.75, 3.05) is 0 Å². The third-order valence-electron chi connectivity index (χ3n) is 2.44. The van der Waals surface area contributed by atoms with Crippen LogP contribution >= 0.6 is 11.6 Å². The summed E-state index contributed by atoms with van der Waals surface area (Å²) in [6.45, 7) is 0. The van der Waals surface area contributed by atoms with E-state index in [1.165, 1.54) is 0 Å². The summed E-state index contributed by atoms with van der Waals surface area (Å²) in [5, 5.41) is 9.51. The van der Waals surface area contributed by atoms with E-state index in [-0.39, 0.29) is 5.75 Å². The Hall–Kier alpha value is -2.00. The number of phenols is 1. The van der Waals surface area contributed by atoms with Gasteiger partial charge in [0.25, 0.3) is 0 Å². The van der Waals surface area contributed by atoms with Gasteiger partial charge in [-0.25, -0.2) is 0 Å². The molecule has 0 radical (unpaired) electrons. The van der Waals surface area contributed by atoms with Gasteiger partial charge in [-0.05, 0) is 35.4 Å². The van der Waals surface area contributed by atoms with Crippen LogP contribution in [-0.4, -0.2) is 11.0 Å². The molecule has 2 rings (SSSR count). The Bertz CT molecular complexity index is 564. The van der Waals surface area contributed by atoms with Crippen molar-refractivity contribution < 1.29 is 9.90 Å². The molecule has 86 valence electrons. The molecular weight excluding hydrogens is 238 g/mol. The summed E-state index contributed by atoms with van der Waals surface area (Å²) in [4.78, 5) is 11.0. The fourth-order valence-corrected chi connectivity index (χ4v) is 1.82. The number of amides is 1. The maximum Gasteiger partial charge on any atom is 0.250 e. The predicted octanol–water partition coefficient (Wildman–Crippen LogP) is 2.81. The highest BCUT2D eigenvalue weighted by molar-refractivity contribution is 6.34. The summed E-state index contributed by atoms with van der Waals surface area (Å²) >= 11 is 5.96. The smallest absolute Gasteiger partial charge is 0.250 e. The highest BCUT2D eigenvalue weighted by Crippen LogP contribution is 2.26. The molecule has 0 fully saturated rings. The van der Waals surface area contributed by atoms with Gasteiger partial charge >= 0.3 is 0 Å². The van der Waals surface area contributed by atoms with Crippen LogP contribution in [0.2, 0.25) is 5.02 Å². The van der Waals surface area contributed by atoms with Crippen molar-refractivity contribution in [3.63, 3.8) is 0 Å². The van der Waals surface area contributed by atoms with E-state index < -0.39 is 5.91 Å². The molecule has 0 spiro atoms. The second kappa shape index (κ2) is 4.47. The lowest BCUT2D eigenvalue weighted by atomic mass is 10.0. The molecule has 0 saturated carbocycles. The molecule has 0 aliphatic rings. The van der Waals surface area contributed by atoms with E-state index in [4.69, 9.17) is 17.3 Å². The van der Waals surface area contributed by atoms with Gasteiger partial charge in [0, 0.05) is 0 Å². The van der Waals surface area contributed by atoms with Crippen molar-refractivity contribution in [2.24, 2.45) is 5.73 Å². The molecule has 3 N–H and O–H groups in total. The van der Waals surface area contributed by atoms with Gasteiger partial charge in [0.1, 0.15) is 5.75 Å². The normalized spacial score (nSPS) is 10.2. The fraction of sp³-hybridized carbons (Fsp3) is 0. The van der Waals surface area contributed by atoms with E-state index in [1.807, 2.05) is 0 Å². The lowest BCUT2D eigenvalue weighted by Gasteiger charge is -2.05. The number of primary amides is 1. The molecule has 0 saturated heterocycles. The molecule has 3 nitrogen and oxygen atoms in total. The van der Waals surface area contributed by atoms with Crippen LogP contribution in [0.25, 0.3) is 11.1 Å². The zero-order chi connectivity index (χ0) is 12.4. The van der Waals surface area contributed by atoms with Crippen molar-refractivity contribution in [3.8, 4) is 16.9 Å². The van der Waals surface area contributed by atoms with E-state index >= 15 is 0 Å². The Balaban J connectivity index is 2.44. The number of benzene rings is 2. The summed E-state index contributed by atoms with van der Waals surface area (Å²) in [5.74, 6) is -0.346. The first-order valence-electron chi connectivity index (χ1n) is 4.96.